The van der Waals surface area contributed by atoms with Gasteiger partial charge in [-0.2, -0.15) is 0 Å². The van der Waals surface area contributed by atoms with E-state index in [4.69, 9.17) is 9.73 Å². The van der Waals surface area contributed by atoms with E-state index in [2.05, 4.69) is 65.7 Å². The van der Waals surface area contributed by atoms with Crippen LogP contribution in [0.25, 0.3) is 10.9 Å². The molecule has 1 aliphatic heterocycles. The Kier molecular flexibility index (Phi) is 10.2. The monoisotopic (exact) mass is 513 g/mol. The molecule has 0 bridgehead atoms. The number of fused-ring (bicyclic) bond motifs is 1. The molecule has 1 aromatic heterocycles. The van der Waals surface area contributed by atoms with Crippen molar-refractivity contribution >= 4 is 40.8 Å². The van der Waals surface area contributed by atoms with Crippen molar-refractivity contribution in [3.8, 4) is 0 Å². The molecule has 0 radical (unpaired) electrons. The molecule has 1 fully saturated rings. The van der Waals surface area contributed by atoms with Crippen LogP contribution < -0.4 is 10.6 Å². The lowest BCUT2D eigenvalue weighted by atomic mass is 10.1. The van der Waals surface area contributed by atoms with Gasteiger partial charge in [-0.25, -0.2) is 0 Å². The summed E-state index contributed by atoms with van der Waals surface area (Å²) in [6, 6.07) is 6.42. The second-order valence-electron chi connectivity index (χ2n) is 7.73. The van der Waals surface area contributed by atoms with Crippen molar-refractivity contribution in [3.05, 3.63) is 35.5 Å². The summed E-state index contributed by atoms with van der Waals surface area (Å²) in [6.45, 7) is 14.0. The average molecular weight is 513 g/mol. The van der Waals surface area contributed by atoms with Crippen LogP contribution in [0.4, 0.5) is 0 Å². The fourth-order valence-corrected chi connectivity index (χ4v) is 3.84. The van der Waals surface area contributed by atoms with Crippen molar-refractivity contribution in [3.63, 3.8) is 0 Å². The van der Waals surface area contributed by atoms with E-state index in [9.17, 15) is 0 Å². The predicted octanol–water partition coefficient (Wildman–Crippen LogP) is 3.16. The Morgan fingerprint density at radius 1 is 1.28 bits per heavy atom. The maximum absolute atomic E-state index is 5.43. The first-order valence-electron chi connectivity index (χ1n) is 10.5. The number of nitrogens with one attached hydrogen (secondary N) is 3. The van der Waals surface area contributed by atoms with Gasteiger partial charge in [0.15, 0.2) is 5.96 Å². The smallest absolute Gasteiger partial charge is 0.191 e. The molecule has 0 aliphatic carbocycles. The fraction of sp³-hybridized carbons (Fsp3) is 0.591. The highest BCUT2D eigenvalue weighted by molar-refractivity contribution is 14.0. The van der Waals surface area contributed by atoms with Crippen LogP contribution >= 0.6 is 24.0 Å². The zero-order valence-electron chi connectivity index (χ0n) is 18.0. The van der Waals surface area contributed by atoms with Crippen molar-refractivity contribution in [1.29, 1.82) is 0 Å². The van der Waals surface area contributed by atoms with E-state index >= 15 is 0 Å². The molecule has 3 N–H and O–H groups in total. The van der Waals surface area contributed by atoms with Gasteiger partial charge in [0.05, 0.1) is 13.2 Å². The first-order valence-corrected chi connectivity index (χ1v) is 10.5. The molecule has 1 atom stereocenters. The topological polar surface area (TPSA) is 64.7 Å². The van der Waals surface area contributed by atoms with Crippen LogP contribution in [0.3, 0.4) is 0 Å². The summed E-state index contributed by atoms with van der Waals surface area (Å²) >= 11 is 0. The van der Waals surface area contributed by atoms with Gasteiger partial charge in [-0.05, 0) is 43.4 Å². The normalized spacial score (nSPS) is 16.4. The lowest BCUT2D eigenvalue weighted by Crippen LogP contribution is -2.40. The largest absolute Gasteiger partial charge is 0.379 e. The number of aliphatic imine (C=N–C) groups is 1. The van der Waals surface area contributed by atoms with Crippen molar-refractivity contribution in [2.24, 2.45) is 10.9 Å². The second-order valence-corrected chi connectivity index (χ2v) is 7.73. The molecule has 6 nitrogen and oxygen atoms in total. The number of ether oxygens (including phenoxy) is 1. The molecule has 7 heteroatoms. The number of H-pyrrole nitrogens is 1. The van der Waals surface area contributed by atoms with Gasteiger partial charge in [0, 0.05) is 56.4 Å². The summed E-state index contributed by atoms with van der Waals surface area (Å²) in [7, 11) is 0. The molecule has 0 saturated carbocycles. The van der Waals surface area contributed by atoms with Crippen molar-refractivity contribution in [2.45, 2.75) is 27.2 Å². The van der Waals surface area contributed by atoms with Crippen LogP contribution in [0.2, 0.25) is 0 Å². The first-order chi connectivity index (χ1) is 13.7. The molecule has 29 heavy (non-hydrogen) atoms. The first kappa shape index (κ1) is 24.0. The second kappa shape index (κ2) is 12.4. The van der Waals surface area contributed by atoms with E-state index in [-0.39, 0.29) is 24.0 Å². The molecule has 2 aromatic rings. The lowest BCUT2D eigenvalue weighted by molar-refractivity contribution is 0.0323. The van der Waals surface area contributed by atoms with Gasteiger partial charge in [-0.3, -0.25) is 9.89 Å². The van der Waals surface area contributed by atoms with E-state index in [1.54, 1.807) is 0 Å². The minimum Gasteiger partial charge on any atom is -0.379 e. The van der Waals surface area contributed by atoms with Crippen LogP contribution in [-0.4, -0.2) is 68.3 Å². The number of benzene rings is 1. The molecule has 162 valence electrons. The van der Waals surface area contributed by atoms with E-state index in [1.165, 1.54) is 22.0 Å². The Morgan fingerprint density at radius 3 is 2.83 bits per heavy atom. The number of hydrogen-bond acceptors (Lipinski definition) is 3. The third kappa shape index (κ3) is 7.15. The van der Waals surface area contributed by atoms with Gasteiger partial charge in [0.1, 0.15) is 0 Å². The molecule has 1 unspecified atom stereocenters. The number of aromatic amines is 1. The Morgan fingerprint density at radius 2 is 2.07 bits per heavy atom. The fourth-order valence-electron chi connectivity index (χ4n) is 3.84. The molecular weight excluding hydrogens is 477 g/mol. The summed E-state index contributed by atoms with van der Waals surface area (Å²) in [5, 5.41) is 8.21. The zero-order valence-corrected chi connectivity index (χ0v) is 20.3. The maximum Gasteiger partial charge on any atom is 0.191 e. The van der Waals surface area contributed by atoms with Crippen LogP contribution in [0, 0.1) is 12.8 Å². The SMILES string of the molecule is CCNC(=NCC(C)CN1CCOCC1)NCCc1c[nH]c2cccc(C)c12.I. The minimum absolute atomic E-state index is 0. The van der Waals surface area contributed by atoms with Crippen molar-refractivity contribution < 1.29 is 4.74 Å². The number of rotatable bonds is 8. The highest BCUT2D eigenvalue weighted by Gasteiger charge is 2.13. The number of halogens is 1. The highest BCUT2D eigenvalue weighted by atomic mass is 127. The van der Waals surface area contributed by atoms with Crippen LogP contribution in [0.5, 0.6) is 0 Å². The highest BCUT2D eigenvalue weighted by Crippen LogP contribution is 2.22. The van der Waals surface area contributed by atoms with Crippen LogP contribution in [0.1, 0.15) is 25.0 Å². The van der Waals surface area contributed by atoms with E-state index in [1.807, 2.05) is 0 Å². The van der Waals surface area contributed by atoms with Crippen molar-refractivity contribution in [2.75, 3.05) is 52.5 Å². The van der Waals surface area contributed by atoms with Crippen LogP contribution in [-0.2, 0) is 11.2 Å². The lowest BCUT2D eigenvalue weighted by Gasteiger charge is -2.28. The van der Waals surface area contributed by atoms with Gasteiger partial charge in [-0.15, -0.1) is 24.0 Å². The zero-order chi connectivity index (χ0) is 19.8. The quantitative estimate of drug-likeness (QED) is 0.288. The molecule has 1 saturated heterocycles. The molecule has 1 aromatic carbocycles. The van der Waals surface area contributed by atoms with Gasteiger partial charge in [-0.1, -0.05) is 19.1 Å². The summed E-state index contributed by atoms with van der Waals surface area (Å²) in [4.78, 5) is 10.7. The summed E-state index contributed by atoms with van der Waals surface area (Å²) in [5.74, 6) is 1.44. The third-order valence-corrected chi connectivity index (χ3v) is 5.26. The number of nitrogens with zero attached hydrogens (tertiary/aromatic N) is 2. The standard InChI is InChI=1S/C22H35N5O.HI/c1-4-23-22(26-14-17(2)16-27-10-12-28-13-11-27)24-9-8-19-15-25-20-7-5-6-18(3)21(19)20;/h5-7,15,17,25H,4,8-14,16H2,1-3H3,(H2,23,24,26);1H. The minimum atomic E-state index is 0. The van der Waals surface area contributed by atoms with Gasteiger partial charge in [0.2, 0.25) is 0 Å². The molecule has 2 heterocycles. The summed E-state index contributed by atoms with van der Waals surface area (Å²) < 4.78 is 5.43. The number of morpholine rings is 1. The average Bonchev–Trinajstić information content (AvgIpc) is 3.11. The summed E-state index contributed by atoms with van der Waals surface area (Å²) in [6.07, 6.45) is 3.10. The Bertz CT molecular complexity index is 770. The van der Waals surface area contributed by atoms with Crippen molar-refractivity contribution in [1.82, 2.24) is 20.5 Å². The van der Waals surface area contributed by atoms with E-state index in [0.717, 1.165) is 64.9 Å². The Hall–Kier alpha value is -1.32. The van der Waals surface area contributed by atoms with Gasteiger partial charge in [0.25, 0.3) is 0 Å². The maximum atomic E-state index is 5.43. The molecular formula is C22H36IN5O. The Labute approximate surface area is 191 Å². The summed E-state index contributed by atoms with van der Waals surface area (Å²) in [5.41, 5.74) is 3.90. The molecule has 3 rings (SSSR count). The number of aryl methyl sites for hydroxylation is 1. The van der Waals surface area contributed by atoms with E-state index in [0.29, 0.717) is 5.92 Å². The van der Waals surface area contributed by atoms with E-state index < -0.39 is 0 Å². The Balaban J connectivity index is 0.00000300. The van der Waals surface area contributed by atoms with Gasteiger partial charge >= 0.3 is 0 Å². The number of aromatic nitrogens is 1. The third-order valence-electron chi connectivity index (χ3n) is 5.26. The van der Waals surface area contributed by atoms with Gasteiger partial charge < -0.3 is 20.4 Å². The molecule has 1 aliphatic rings. The van der Waals surface area contributed by atoms with Crippen LogP contribution in [0.15, 0.2) is 29.4 Å². The predicted molar refractivity (Wildman–Crippen MR) is 133 cm³/mol. The number of guanidine groups is 1. The molecule has 0 amide bonds. The molecule has 0 spiro atoms. The number of hydrogen-bond donors (Lipinski definition) is 3.